The molecule has 1 atom stereocenters. The largest absolute Gasteiger partial charge is 0.496 e. The Balaban J connectivity index is 1.93. The molecule has 2 aromatic carbocycles. The van der Waals surface area contributed by atoms with Crippen molar-refractivity contribution in [1.82, 2.24) is 5.32 Å². The van der Waals surface area contributed by atoms with Crippen LogP contribution in [0, 0.1) is 0 Å². The molecule has 33 heavy (non-hydrogen) atoms. The van der Waals surface area contributed by atoms with Gasteiger partial charge in [0.25, 0.3) is 10.0 Å². The maximum atomic E-state index is 12.9. The summed E-state index contributed by atoms with van der Waals surface area (Å²) in [5, 5.41) is 1.75. The highest BCUT2D eigenvalue weighted by Crippen LogP contribution is 2.39. The van der Waals surface area contributed by atoms with Crippen molar-refractivity contribution in [3.8, 4) is 11.5 Å². The fourth-order valence-electron chi connectivity index (χ4n) is 3.16. The van der Waals surface area contributed by atoms with Crippen LogP contribution < -0.4 is 19.5 Å². The van der Waals surface area contributed by atoms with Crippen molar-refractivity contribution in [3.63, 3.8) is 0 Å². The highest BCUT2D eigenvalue weighted by molar-refractivity contribution is 7.92. The zero-order valence-electron chi connectivity index (χ0n) is 16.7. The van der Waals surface area contributed by atoms with Crippen molar-refractivity contribution >= 4 is 21.6 Å². The summed E-state index contributed by atoms with van der Waals surface area (Å²) in [7, 11) is -3.23. The number of sulfonamides is 1. The quantitative estimate of drug-likeness (QED) is 0.616. The van der Waals surface area contributed by atoms with Gasteiger partial charge in [-0.15, -0.1) is 0 Å². The standard InChI is InChI=1S/C19H16F6N2O5S/c1-31-14-5-6-15(16-13(14)8-12(9-32-16)26-17(28)19(23,24)25)33(29,30)27-11-4-2-3-10(7-11)18(20,21)22/h2-7,12,27H,8-9H2,1H3,(H,26,28)/t12-/m1/s1. The van der Waals surface area contributed by atoms with Gasteiger partial charge in [0.15, 0.2) is 0 Å². The molecule has 0 aromatic heterocycles. The normalized spacial score (nSPS) is 16.4. The summed E-state index contributed by atoms with van der Waals surface area (Å²) in [5.74, 6) is -2.34. The first-order valence-electron chi connectivity index (χ1n) is 9.13. The molecule has 2 aromatic rings. The van der Waals surface area contributed by atoms with E-state index < -0.39 is 51.4 Å². The fraction of sp³-hybridized carbons (Fsp3) is 0.316. The third kappa shape index (κ3) is 5.43. The number of rotatable bonds is 5. The molecule has 0 bridgehead atoms. The Morgan fingerprint density at radius 2 is 1.82 bits per heavy atom. The third-order valence-electron chi connectivity index (χ3n) is 4.60. The van der Waals surface area contributed by atoms with Gasteiger partial charge in [0.1, 0.15) is 23.0 Å². The van der Waals surface area contributed by atoms with E-state index in [0.717, 1.165) is 24.3 Å². The van der Waals surface area contributed by atoms with Crippen LogP contribution in [0.25, 0.3) is 0 Å². The predicted octanol–water partition coefficient (Wildman–Crippen LogP) is 3.50. The second-order valence-electron chi connectivity index (χ2n) is 6.94. The molecule has 7 nitrogen and oxygen atoms in total. The number of amides is 1. The first kappa shape index (κ1) is 24.5. The van der Waals surface area contributed by atoms with Gasteiger partial charge in [-0.25, -0.2) is 8.42 Å². The van der Waals surface area contributed by atoms with Crippen LogP contribution in [-0.2, 0) is 27.4 Å². The number of carbonyl (C=O) groups is 1. The summed E-state index contributed by atoms with van der Waals surface area (Å²) in [5.41, 5.74) is -1.36. The molecule has 14 heteroatoms. The first-order chi connectivity index (χ1) is 15.2. The number of halogens is 6. The minimum atomic E-state index is -5.12. The van der Waals surface area contributed by atoms with Crippen LogP contribution in [0.4, 0.5) is 32.0 Å². The van der Waals surface area contributed by atoms with Crippen LogP contribution in [-0.4, -0.2) is 40.3 Å². The summed E-state index contributed by atoms with van der Waals surface area (Å²) in [6.07, 6.45) is -10.1. The first-order valence-corrected chi connectivity index (χ1v) is 10.6. The lowest BCUT2D eigenvalue weighted by Crippen LogP contribution is -2.48. The van der Waals surface area contributed by atoms with Crippen molar-refractivity contribution in [2.45, 2.75) is 29.7 Å². The smallest absolute Gasteiger partial charge is 0.471 e. The van der Waals surface area contributed by atoms with E-state index in [9.17, 15) is 39.6 Å². The molecule has 180 valence electrons. The SMILES string of the molecule is COc1ccc(S(=O)(=O)Nc2cccc(C(F)(F)F)c2)c2c1C[C@@H](NC(=O)C(F)(F)F)CO2. The average molecular weight is 498 g/mol. The molecule has 2 N–H and O–H groups in total. The van der Waals surface area contributed by atoms with E-state index in [1.165, 1.54) is 13.2 Å². The lowest BCUT2D eigenvalue weighted by atomic mass is 10.0. The minimum Gasteiger partial charge on any atom is -0.496 e. The van der Waals surface area contributed by atoms with Crippen LogP contribution >= 0.6 is 0 Å². The highest BCUT2D eigenvalue weighted by atomic mass is 32.2. The van der Waals surface area contributed by atoms with Gasteiger partial charge in [0.2, 0.25) is 0 Å². The van der Waals surface area contributed by atoms with Gasteiger partial charge in [-0.2, -0.15) is 26.3 Å². The molecule has 0 spiro atoms. The Kier molecular flexibility index (Phi) is 6.42. The molecule has 1 aliphatic rings. The Labute approximate surface area is 183 Å². The molecule has 0 fully saturated rings. The van der Waals surface area contributed by atoms with E-state index in [1.54, 1.807) is 5.32 Å². The Morgan fingerprint density at radius 3 is 2.42 bits per heavy atom. The van der Waals surface area contributed by atoms with E-state index in [2.05, 4.69) is 0 Å². The topological polar surface area (TPSA) is 93.7 Å². The van der Waals surface area contributed by atoms with E-state index in [1.807, 2.05) is 4.72 Å². The summed E-state index contributed by atoms with van der Waals surface area (Å²) in [6.45, 7) is -0.478. The van der Waals surface area contributed by atoms with E-state index in [4.69, 9.17) is 9.47 Å². The number of anilines is 1. The molecule has 1 heterocycles. The van der Waals surface area contributed by atoms with Crippen molar-refractivity contribution in [1.29, 1.82) is 0 Å². The molecule has 0 aliphatic carbocycles. The van der Waals surface area contributed by atoms with Gasteiger partial charge in [-0.1, -0.05) is 6.07 Å². The van der Waals surface area contributed by atoms with E-state index in [-0.39, 0.29) is 29.2 Å². The lowest BCUT2D eigenvalue weighted by Gasteiger charge is -2.29. The predicted molar refractivity (Wildman–Crippen MR) is 102 cm³/mol. The highest BCUT2D eigenvalue weighted by Gasteiger charge is 2.41. The second-order valence-corrected chi connectivity index (χ2v) is 8.59. The molecule has 0 saturated heterocycles. The minimum absolute atomic E-state index is 0.0724. The molecule has 0 unspecified atom stereocenters. The Hall–Kier alpha value is -3.16. The number of fused-ring (bicyclic) bond motifs is 1. The zero-order valence-corrected chi connectivity index (χ0v) is 17.5. The van der Waals surface area contributed by atoms with Crippen molar-refractivity contribution in [3.05, 3.63) is 47.5 Å². The fourth-order valence-corrected chi connectivity index (χ4v) is 4.38. The number of ether oxygens (including phenoxy) is 2. The molecule has 1 aliphatic heterocycles. The number of hydrogen-bond acceptors (Lipinski definition) is 5. The number of nitrogens with one attached hydrogen (secondary N) is 2. The van der Waals surface area contributed by atoms with Crippen molar-refractivity contribution in [2.24, 2.45) is 0 Å². The summed E-state index contributed by atoms with van der Waals surface area (Å²) in [4.78, 5) is 10.8. The number of hydrogen-bond donors (Lipinski definition) is 2. The second kappa shape index (κ2) is 8.65. The summed E-state index contributed by atoms with van der Waals surface area (Å²) in [6, 6.07) is 4.69. The van der Waals surface area contributed by atoms with Gasteiger partial charge in [-0.3, -0.25) is 9.52 Å². The molecule has 1 amide bonds. The van der Waals surface area contributed by atoms with E-state index >= 15 is 0 Å². The van der Waals surface area contributed by atoms with Crippen LogP contribution in [0.3, 0.4) is 0 Å². The molecular weight excluding hydrogens is 482 g/mol. The van der Waals surface area contributed by atoms with E-state index in [0.29, 0.717) is 6.07 Å². The Bertz CT molecular complexity index is 1160. The third-order valence-corrected chi connectivity index (χ3v) is 6.01. The number of benzene rings is 2. The van der Waals surface area contributed by atoms with Crippen molar-refractivity contribution in [2.75, 3.05) is 18.4 Å². The maximum Gasteiger partial charge on any atom is 0.471 e. The monoisotopic (exact) mass is 498 g/mol. The maximum absolute atomic E-state index is 12.9. The number of alkyl halides is 6. The zero-order chi connectivity index (χ0) is 24.6. The number of methoxy groups -OCH3 is 1. The Morgan fingerprint density at radius 1 is 1.12 bits per heavy atom. The van der Waals surface area contributed by atoms with Gasteiger partial charge in [0.05, 0.1) is 18.7 Å². The van der Waals surface area contributed by atoms with Gasteiger partial charge in [0, 0.05) is 17.7 Å². The average Bonchev–Trinajstić information content (AvgIpc) is 2.71. The van der Waals surface area contributed by atoms with Crippen LogP contribution in [0.5, 0.6) is 11.5 Å². The molecule has 0 saturated carbocycles. The lowest BCUT2D eigenvalue weighted by molar-refractivity contribution is -0.174. The van der Waals surface area contributed by atoms with Crippen LogP contribution in [0.2, 0.25) is 0 Å². The van der Waals surface area contributed by atoms with Crippen molar-refractivity contribution < 1.29 is 49.0 Å². The summed E-state index contributed by atoms with van der Waals surface area (Å²) >= 11 is 0. The van der Waals surface area contributed by atoms with Gasteiger partial charge >= 0.3 is 18.3 Å². The number of carbonyl (C=O) groups excluding carboxylic acids is 1. The molecule has 3 rings (SSSR count). The summed E-state index contributed by atoms with van der Waals surface area (Å²) < 4.78 is 115. The van der Waals surface area contributed by atoms with Crippen LogP contribution in [0.1, 0.15) is 11.1 Å². The van der Waals surface area contributed by atoms with Crippen LogP contribution in [0.15, 0.2) is 41.3 Å². The van der Waals surface area contributed by atoms with Gasteiger partial charge < -0.3 is 14.8 Å². The molecule has 0 radical (unpaired) electrons. The van der Waals surface area contributed by atoms with Gasteiger partial charge in [-0.05, 0) is 30.3 Å². The molecular formula is C19H16F6N2O5S.